The average Bonchev–Trinajstić information content (AvgIpc) is 3.15. The average molecular weight is 417 g/mol. The van der Waals surface area contributed by atoms with Gasteiger partial charge < -0.3 is 9.73 Å². The monoisotopic (exact) mass is 416 g/mol. The Kier molecular flexibility index (Phi) is 6.76. The second-order valence-corrected chi connectivity index (χ2v) is 7.54. The quantitative estimate of drug-likeness (QED) is 0.556. The highest BCUT2D eigenvalue weighted by Crippen LogP contribution is 2.28. The minimum Gasteiger partial charge on any atom is -0.411 e. The smallest absolute Gasteiger partial charge is 0.277 e. The van der Waals surface area contributed by atoms with Gasteiger partial charge in [0.05, 0.1) is 23.3 Å². The lowest BCUT2D eigenvalue weighted by Crippen LogP contribution is -2.14. The van der Waals surface area contributed by atoms with Crippen molar-refractivity contribution in [1.29, 1.82) is 5.26 Å². The molecule has 0 bridgehead atoms. The predicted octanol–water partition coefficient (Wildman–Crippen LogP) is 4.74. The number of nitrogens with zero attached hydrogens (tertiary/aromatic N) is 3. The van der Waals surface area contributed by atoms with Crippen molar-refractivity contribution in [1.82, 2.24) is 10.2 Å². The van der Waals surface area contributed by atoms with Crippen LogP contribution < -0.4 is 5.32 Å². The Balaban J connectivity index is 1.57. The van der Waals surface area contributed by atoms with E-state index in [0.717, 1.165) is 22.2 Å². The molecule has 1 N–H and O–H groups in total. The zero-order valence-electron chi connectivity index (χ0n) is 13.9. The number of carbonyl (C=O) groups excluding carboxylic acids is 1. The van der Waals surface area contributed by atoms with Crippen LogP contribution in [-0.2, 0) is 4.79 Å². The molecule has 2 aromatic carbocycles. The summed E-state index contributed by atoms with van der Waals surface area (Å²) in [4.78, 5) is 13.1. The summed E-state index contributed by atoms with van der Waals surface area (Å²) in [6.07, 6.45) is 0. The van der Waals surface area contributed by atoms with Crippen molar-refractivity contribution >= 4 is 46.7 Å². The number of hydrogen-bond acceptors (Lipinski definition) is 7. The summed E-state index contributed by atoms with van der Waals surface area (Å²) in [5.74, 6) is 0.612. The highest BCUT2D eigenvalue weighted by atomic mass is 35.5. The van der Waals surface area contributed by atoms with Crippen molar-refractivity contribution in [2.24, 2.45) is 0 Å². The summed E-state index contributed by atoms with van der Waals surface area (Å²) in [7, 11) is 0. The summed E-state index contributed by atoms with van der Waals surface area (Å²) < 4.78 is 5.56. The van der Waals surface area contributed by atoms with Crippen molar-refractivity contribution in [3.8, 4) is 17.5 Å². The molecule has 0 saturated heterocycles. The van der Waals surface area contributed by atoms with Gasteiger partial charge in [-0.15, -0.1) is 22.0 Å². The molecule has 136 valence electrons. The van der Waals surface area contributed by atoms with Crippen LogP contribution in [0.5, 0.6) is 0 Å². The van der Waals surface area contributed by atoms with E-state index in [-0.39, 0.29) is 11.7 Å². The number of anilines is 1. The van der Waals surface area contributed by atoms with Crippen molar-refractivity contribution in [3.05, 3.63) is 53.6 Å². The van der Waals surface area contributed by atoms with Gasteiger partial charge in [0.2, 0.25) is 11.8 Å². The fraction of sp³-hybridized carbons (Fsp3) is 0.111. The van der Waals surface area contributed by atoms with E-state index in [1.807, 2.05) is 18.2 Å². The number of carbonyl (C=O) groups is 1. The van der Waals surface area contributed by atoms with Crippen LogP contribution in [0.3, 0.4) is 0 Å². The summed E-state index contributed by atoms with van der Waals surface area (Å²) in [5, 5.41) is 20.4. The molecule has 0 spiro atoms. The van der Waals surface area contributed by atoms with Gasteiger partial charge in [0.15, 0.2) is 0 Å². The second kappa shape index (κ2) is 9.46. The Morgan fingerprint density at radius 3 is 2.70 bits per heavy atom. The number of hydrogen-bond donors (Lipinski definition) is 1. The highest BCUT2D eigenvalue weighted by Gasteiger charge is 2.12. The molecule has 3 rings (SSSR count). The Morgan fingerprint density at radius 2 is 1.93 bits per heavy atom. The molecular weight excluding hydrogens is 404 g/mol. The van der Waals surface area contributed by atoms with E-state index in [1.165, 1.54) is 11.8 Å². The van der Waals surface area contributed by atoms with Gasteiger partial charge in [-0.2, -0.15) is 5.26 Å². The van der Waals surface area contributed by atoms with E-state index in [9.17, 15) is 4.79 Å². The summed E-state index contributed by atoms with van der Waals surface area (Å²) in [6.45, 7) is 0. The molecule has 9 heteroatoms. The first kappa shape index (κ1) is 19.3. The van der Waals surface area contributed by atoms with Crippen molar-refractivity contribution in [2.75, 3.05) is 16.8 Å². The molecule has 0 aliphatic carbocycles. The number of benzene rings is 2. The predicted molar refractivity (Wildman–Crippen MR) is 107 cm³/mol. The number of para-hydroxylation sites is 1. The SMILES string of the molecule is N#CCSc1ccccc1NC(=O)CSc1nnc(-c2ccc(Cl)cc2)o1. The minimum absolute atomic E-state index is 0.125. The maximum Gasteiger partial charge on any atom is 0.277 e. The van der Waals surface area contributed by atoms with Crippen molar-refractivity contribution in [3.63, 3.8) is 0 Å². The molecule has 1 heterocycles. The number of thioether (sulfide) groups is 2. The Bertz CT molecular complexity index is 970. The van der Waals surface area contributed by atoms with Crippen LogP contribution in [0.4, 0.5) is 5.69 Å². The van der Waals surface area contributed by atoms with Crippen LogP contribution in [0.15, 0.2) is 63.1 Å². The van der Waals surface area contributed by atoms with Crippen LogP contribution >= 0.6 is 35.1 Å². The first-order valence-electron chi connectivity index (χ1n) is 7.76. The summed E-state index contributed by atoms with van der Waals surface area (Å²) in [5.41, 5.74) is 1.43. The molecular formula is C18H13ClN4O2S2. The first-order valence-corrected chi connectivity index (χ1v) is 10.1. The van der Waals surface area contributed by atoms with Crippen LogP contribution in [0.1, 0.15) is 0 Å². The molecule has 6 nitrogen and oxygen atoms in total. The zero-order chi connectivity index (χ0) is 19.1. The largest absolute Gasteiger partial charge is 0.411 e. The van der Waals surface area contributed by atoms with Crippen LogP contribution in [0, 0.1) is 11.3 Å². The van der Waals surface area contributed by atoms with E-state index >= 15 is 0 Å². The number of amides is 1. The van der Waals surface area contributed by atoms with Gasteiger partial charge in [0.1, 0.15) is 0 Å². The zero-order valence-corrected chi connectivity index (χ0v) is 16.3. The Hall–Kier alpha value is -2.47. The molecule has 3 aromatic rings. The molecule has 0 fully saturated rings. The molecule has 0 unspecified atom stereocenters. The van der Waals surface area contributed by atoms with E-state index < -0.39 is 0 Å². The van der Waals surface area contributed by atoms with Gasteiger partial charge in [-0.1, -0.05) is 35.5 Å². The Morgan fingerprint density at radius 1 is 1.15 bits per heavy atom. The highest BCUT2D eigenvalue weighted by molar-refractivity contribution is 8.00. The Labute approximate surface area is 169 Å². The third kappa shape index (κ3) is 5.50. The molecule has 1 aromatic heterocycles. The van der Waals surface area contributed by atoms with Gasteiger partial charge in [0, 0.05) is 15.5 Å². The van der Waals surface area contributed by atoms with Gasteiger partial charge in [-0.05, 0) is 36.4 Å². The maximum atomic E-state index is 12.2. The lowest BCUT2D eigenvalue weighted by atomic mass is 10.2. The van der Waals surface area contributed by atoms with E-state index in [1.54, 1.807) is 30.3 Å². The van der Waals surface area contributed by atoms with Crippen LogP contribution in [0.2, 0.25) is 5.02 Å². The summed E-state index contributed by atoms with van der Waals surface area (Å²) >= 11 is 8.39. The normalized spacial score (nSPS) is 10.4. The minimum atomic E-state index is -0.198. The van der Waals surface area contributed by atoms with Gasteiger partial charge in [-0.25, -0.2) is 0 Å². The van der Waals surface area contributed by atoms with Gasteiger partial charge >= 0.3 is 0 Å². The topological polar surface area (TPSA) is 91.8 Å². The molecule has 0 atom stereocenters. The molecule has 0 radical (unpaired) electrons. The number of rotatable bonds is 7. The van der Waals surface area contributed by atoms with Gasteiger partial charge in [0.25, 0.3) is 5.22 Å². The van der Waals surface area contributed by atoms with Crippen LogP contribution in [-0.4, -0.2) is 27.6 Å². The third-order valence-corrected chi connectivity index (χ3v) is 5.29. The molecule has 27 heavy (non-hydrogen) atoms. The number of nitriles is 1. The van der Waals surface area contributed by atoms with E-state index in [4.69, 9.17) is 21.3 Å². The standard InChI is InChI=1S/C18H13ClN4O2S2/c19-13-7-5-12(6-8-13)17-22-23-18(25-17)27-11-16(24)21-14-3-1-2-4-15(14)26-10-9-20/h1-8H,10-11H2,(H,21,24). The number of aromatic nitrogens is 2. The lowest BCUT2D eigenvalue weighted by molar-refractivity contribution is -0.113. The third-order valence-electron chi connectivity index (χ3n) is 3.28. The second-order valence-electron chi connectivity index (χ2n) is 5.16. The summed E-state index contributed by atoms with van der Waals surface area (Å²) in [6, 6.07) is 16.5. The molecule has 0 aliphatic rings. The van der Waals surface area contributed by atoms with E-state index in [0.29, 0.717) is 27.6 Å². The number of halogens is 1. The lowest BCUT2D eigenvalue weighted by Gasteiger charge is -2.08. The van der Waals surface area contributed by atoms with Crippen molar-refractivity contribution < 1.29 is 9.21 Å². The molecule has 0 saturated carbocycles. The molecule has 0 aliphatic heterocycles. The fourth-order valence-corrected chi connectivity index (χ4v) is 3.46. The maximum absolute atomic E-state index is 12.2. The molecule has 1 amide bonds. The first-order chi connectivity index (χ1) is 13.2. The van der Waals surface area contributed by atoms with Crippen molar-refractivity contribution in [2.45, 2.75) is 10.1 Å². The van der Waals surface area contributed by atoms with Crippen LogP contribution in [0.25, 0.3) is 11.5 Å². The fourth-order valence-electron chi connectivity index (χ4n) is 2.10. The number of nitrogens with one attached hydrogen (secondary N) is 1. The van der Waals surface area contributed by atoms with E-state index in [2.05, 4.69) is 21.6 Å². The van der Waals surface area contributed by atoms with Gasteiger partial charge in [-0.3, -0.25) is 4.79 Å².